The smallest absolute Gasteiger partial charge is 0.238 e. The van der Waals surface area contributed by atoms with E-state index in [0.29, 0.717) is 10.9 Å². The van der Waals surface area contributed by atoms with Crippen molar-refractivity contribution in [3.8, 4) is 11.8 Å². The maximum atomic E-state index is 13.5. The molecule has 1 rings (SSSR count). The van der Waals surface area contributed by atoms with Crippen molar-refractivity contribution in [1.82, 2.24) is 9.78 Å². The highest BCUT2D eigenvalue weighted by Crippen LogP contribution is 1.93. The van der Waals surface area contributed by atoms with Gasteiger partial charge in [0.15, 0.2) is 0 Å². The molecule has 4 heteroatoms. The van der Waals surface area contributed by atoms with Crippen LogP contribution in [-0.4, -0.2) is 16.0 Å². The SMILES string of the molecule is C=c1c(C#CC)nn(C)/c1=C(F)/N=C\C.CC.CC. The molecule has 1 aromatic rings. The van der Waals surface area contributed by atoms with Crippen LogP contribution in [0.3, 0.4) is 0 Å². The van der Waals surface area contributed by atoms with E-state index >= 15 is 0 Å². The van der Waals surface area contributed by atoms with Crippen LogP contribution in [0, 0.1) is 11.8 Å². The van der Waals surface area contributed by atoms with Crippen molar-refractivity contribution in [2.24, 2.45) is 12.0 Å². The maximum Gasteiger partial charge on any atom is 0.238 e. The van der Waals surface area contributed by atoms with Crippen LogP contribution in [0.25, 0.3) is 12.5 Å². The molecule has 3 nitrogen and oxygen atoms in total. The van der Waals surface area contributed by atoms with Crippen molar-refractivity contribution in [3.63, 3.8) is 0 Å². The molecule has 0 N–H and O–H groups in total. The Morgan fingerprint density at radius 2 is 1.89 bits per heavy atom. The van der Waals surface area contributed by atoms with Crippen molar-refractivity contribution in [2.45, 2.75) is 41.5 Å². The highest BCUT2D eigenvalue weighted by molar-refractivity contribution is 5.60. The minimum atomic E-state index is -0.596. The minimum absolute atomic E-state index is 0.269. The fourth-order valence-electron chi connectivity index (χ4n) is 1.22. The van der Waals surface area contributed by atoms with Crippen LogP contribution in [0.1, 0.15) is 47.2 Å². The van der Waals surface area contributed by atoms with Crippen LogP contribution in [0.5, 0.6) is 0 Å². The van der Waals surface area contributed by atoms with Gasteiger partial charge in [-0.15, -0.1) is 0 Å². The summed E-state index contributed by atoms with van der Waals surface area (Å²) in [4.78, 5) is 3.57. The third kappa shape index (κ3) is 5.52. The molecule has 0 atom stereocenters. The number of nitrogens with zero attached hydrogens (tertiary/aromatic N) is 3. The van der Waals surface area contributed by atoms with Crippen LogP contribution in [0.15, 0.2) is 4.99 Å². The summed E-state index contributed by atoms with van der Waals surface area (Å²) in [5.74, 6) is 4.86. The van der Waals surface area contributed by atoms with Crippen LogP contribution >= 0.6 is 0 Å². The summed E-state index contributed by atoms with van der Waals surface area (Å²) in [5.41, 5.74) is 0.483. The van der Waals surface area contributed by atoms with Gasteiger partial charge in [-0.2, -0.15) is 9.49 Å². The lowest BCUT2D eigenvalue weighted by molar-refractivity contribution is 0.680. The van der Waals surface area contributed by atoms with Crippen LogP contribution in [-0.2, 0) is 7.05 Å². The Labute approximate surface area is 115 Å². The average Bonchev–Trinajstić information content (AvgIpc) is 2.70. The van der Waals surface area contributed by atoms with E-state index in [2.05, 4.69) is 28.5 Å². The number of aryl methyl sites for hydroxylation is 1. The maximum absolute atomic E-state index is 13.5. The minimum Gasteiger partial charge on any atom is -0.262 e. The first-order valence-corrected chi connectivity index (χ1v) is 6.45. The van der Waals surface area contributed by atoms with Crippen molar-refractivity contribution < 1.29 is 4.39 Å². The largest absolute Gasteiger partial charge is 0.262 e. The molecule has 0 spiro atoms. The second-order valence-electron chi connectivity index (χ2n) is 2.85. The standard InChI is InChI=1S/C11H12FN3.2C2H6/c1-5-7-9-8(3)10(15(4)14-9)11(12)13-6-2;2*1-2/h6H,3H2,1-2,4H3;2*1-2H3/b11-10+,13-6-;;. The van der Waals surface area contributed by atoms with Gasteiger partial charge in [-0.05, 0) is 19.8 Å². The van der Waals surface area contributed by atoms with Gasteiger partial charge in [0.1, 0.15) is 11.0 Å². The molecule has 1 heterocycles. The van der Waals surface area contributed by atoms with E-state index in [4.69, 9.17) is 0 Å². The van der Waals surface area contributed by atoms with E-state index in [1.165, 1.54) is 10.9 Å². The molecule has 106 valence electrons. The molecule has 1 aromatic heterocycles. The molecular weight excluding hydrogens is 241 g/mol. The summed E-state index contributed by atoms with van der Waals surface area (Å²) in [5, 5.41) is 4.79. The molecule has 0 aromatic carbocycles. The molecule has 0 aliphatic heterocycles. The molecule has 0 saturated heterocycles. The third-order valence-electron chi connectivity index (χ3n) is 1.83. The Balaban J connectivity index is 0. The molecule has 0 amide bonds. The Bertz CT molecular complexity index is 557. The van der Waals surface area contributed by atoms with Crippen molar-refractivity contribution in [3.05, 3.63) is 16.3 Å². The zero-order valence-corrected chi connectivity index (χ0v) is 13.0. The third-order valence-corrected chi connectivity index (χ3v) is 1.83. The molecule has 0 fully saturated rings. The summed E-state index contributed by atoms with van der Waals surface area (Å²) in [6.45, 7) is 15.1. The second-order valence-corrected chi connectivity index (χ2v) is 2.85. The Morgan fingerprint density at radius 1 is 1.37 bits per heavy atom. The number of aromatic nitrogens is 2. The van der Waals surface area contributed by atoms with Gasteiger partial charge in [-0.3, -0.25) is 4.68 Å². The molecular formula is C15H24FN3. The lowest BCUT2D eigenvalue weighted by Crippen LogP contribution is -2.29. The van der Waals surface area contributed by atoms with Crippen molar-refractivity contribution in [1.29, 1.82) is 0 Å². The zero-order valence-electron chi connectivity index (χ0n) is 13.0. The van der Waals surface area contributed by atoms with E-state index in [9.17, 15) is 4.39 Å². The van der Waals surface area contributed by atoms with Crippen LogP contribution in [0.2, 0.25) is 0 Å². The van der Waals surface area contributed by atoms with Crippen LogP contribution < -0.4 is 10.6 Å². The van der Waals surface area contributed by atoms with Gasteiger partial charge in [-0.25, -0.2) is 4.99 Å². The Morgan fingerprint density at radius 3 is 2.32 bits per heavy atom. The molecule has 0 bridgehead atoms. The summed E-state index contributed by atoms with van der Waals surface area (Å²) >= 11 is 0. The van der Waals surface area contributed by atoms with Gasteiger partial charge in [0.05, 0.1) is 0 Å². The summed E-state index contributed by atoms with van der Waals surface area (Å²) in [6, 6.07) is 0. The van der Waals surface area contributed by atoms with E-state index in [-0.39, 0.29) is 5.35 Å². The highest BCUT2D eigenvalue weighted by Gasteiger charge is 2.04. The summed E-state index contributed by atoms with van der Waals surface area (Å²) < 4.78 is 14.9. The first-order chi connectivity index (χ1) is 9.11. The quantitative estimate of drug-likeness (QED) is 0.435. The first-order valence-electron chi connectivity index (χ1n) is 6.45. The fraction of sp³-hybridized carbons (Fsp3) is 0.467. The number of hydrogen-bond acceptors (Lipinski definition) is 2. The Hall–Kier alpha value is -1.89. The molecule has 0 radical (unpaired) electrons. The van der Waals surface area contributed by atoms with Gasteiger partial charge in [0.2, 0.25) is 5.95 Å². The van der Waals surface area contributed by atoms with Crippen LogP contribution in [0.4, 0.5) is 4.39 Å². The number of halogens is 1. The lowest BCUT2D eigenvalue weighted by atomic mass is 10.3. The monoisotopic (exact) mass is 265 g/mol. The number of hydrogen-bond donors (Lipinski definition) is 0. The molecule has 0 aliphatic rings. The fourth-order valence-corrected chi connectivity index (χ4v) is 1.22. The van der Waals surface area contributed by atoms with E-state index < -0.39 is 5.95 Å². The summed E-state index contributed by atoms with van der Waals surface area (Å²) in [7, 11) is 1.63. The topological polar surface area (TPSA) is 30.2 Å². The van der Waals surface area contributed by atoms with Gasteiger partial charge < -0.3 is 0 Å². The number of rotatable bonds is 1. The predicted molar refractivity (Wildman–Crippen MR) is 81.9 cm³/mol. The lowest BCUT2D eigenvalue weighted by Gasteiger charge is -1.88. The molecule has 0 unspecified atom stereocenters. The highest BCUT2D eigenvalue weighted by atomic mass is 19.1. The first kappa shape index (κ1) is 19.4. The van der Waals surface area contributed by atoms with E-state index in [1.54, 1.807) is 20.9 Å². The van der Waals surface area contributed by atoms with Gasteiger partial charge in [0.25, 0.3) is 0 Å². The normalized spacial score (nSPS) is 10.5. The molecule has 0 aliphatic carbocycles. The zero-order chi connectivity index (χ0) is 15.4. The average molecular weight is 265 g/mol. The van der Waals surface area contributed by atoms with E-state index in [0.717, 1.165) is 0 Å². The molecule has 19 heavy (non-hydrogen) atoms. The molecule has 0 saturated carbocycles. The van der Waals surface area contributed by atoms with Crippen molar-refractivity contribution in [2.75, 3.05) is 0 Å². The van der Waals surface area contributed by atoms with Gasteiger partial charge >= 0.3 is 0 Å². The Kier molecular flexibility index (Phi) is 11.5. The van der Waals surface area contributed by atoms with Crippen molar-refractivity contribution >= 4 is 18.7 Å². The van der Waals surface area contributed by atoms with Gasteiger partial charge in [0, 0.05) is 18.5 Å². The number of aliphatic imine (C=N–C) groups is 1. The van der Waals surface area contributed by atoms with Gasteiger partial charge in [-0.1, -0.05) is 40.2 Å². The predicted octanol–water partition coefficient (Wildman–Crippen LogP) is 2.38. The second kappa shape index (κ2) is 11.2. The summed E-state index contributed by atoms with van der Waals surface area (Å²) in [6.07, 6.45) is 1.38. The van der Waals surface area contributed by atoms with E-state index in [1.807, 2.05) is 27.7 Å².